The number of halogens is 1. The van der Waals surface area contributed by atoms with Crippen LogP contribution in [0, 0.1) is 3.57 Å². The largest absolute Gasteiger partial charge is 0.360 e. The standard InChI is InChI=1S/C9H12INO/c1-5(2)8-7(10)9(12-11-8)6-3-4-6/h5-6H,3-4H2,1-2H3. The van der Waals surface area contributed by atoms with Gasteiger partial charge in [0.15, 0.2) is 5.76 Å². The third-order valence-electron chi connectivity index (χ3n) is 2.18. The molecule has 0 saturated heterocycles. The van der Waals surface area contributed by atoms with Gasteiger partial charge in [0.2, 0.25) is 0 Å². The summed E-state index contributed by atoms with van der Waals surface area (Å²) in [6.45, 7) is 4.30. The molecular weight excluding hydrogens is 265 g/mol. The fourth-order valence-electron chi connectivity index (χ4n) is 1.26. The zero-order valence-electron chi connectivity index (χ0n) is 7.30. The number of rotatable bonds is 2. The van der Waals surface area contributed by atoms with Crippen molar-refractivity contribution in [1.29, 1.82) is 0 Å². The highest BCUT2D eigenvalue weighted by molar-refractivity contribution is 14.1. The first-order chi connectivity index (χ1) is 5.70. The lowest BCUT2D eigenvalue weighted by molar-refractivity contribution is 0.375. The molecule has 0 unspecified atom stereocenters. The molecule has 2 rings (SSSR count). The molecular formula is C9H12INO. The number of aromatic nitrogens is 1. The van der Waals surface area contributed by atoms with E-state index in [1.807, 2.05) is 0 Å². The minimum Gasteiger partial charge on any atom is -0.360 e. The fraction of sp³-hybridized carbons (Fsp3) is 0.667. The van der Waals surface area contributed by atoms with Gasteiger partial charge >= 0.3 is 0 Å². The van der Waals surface area contributed by atoms with Crippen molar-refractivity contribution in [3.63, 3.8) is 0 Å². The van der Waals surface area contributed by atoms with Crippen molar-refractivity contribution >= 4 is 22.6 Å². The third kappa shape index (κ3) is 1.39. The maximum absolute atomic E-state index is 5.32. The lowest BCUT2D eigenvalue weighted by atomic mass is 10.1. The second-order valence-electron chi connectivity index (χ2n) is 3.68. The SMILES string of the molecule is CC(C)c1noc(C2CC2)c1I. The minimum atomic E-state index is 0.480. The van der Waals surface area contributed by atoms with Gasteiger partial charge in [0.05, 0.1) is 9.26 Å². The van der Waals surface area contributed by atoms with E-state index in [0.717, 1.165) is 11.5 Å². The molecule has 0 spiro atoms. The Balaban J connectivity index is 2.33. The Labute approximate surface area is 85.8 Å². The van der Waals surface area contributed by atoms with E-state index in [1.165, 1.54) is 16.4 Å². The van der Waals surface area contributed by atoms with Crippen LogP contribution in [0.2, 0.25) is 0 Å². The van der Waals surface area contributed by atoms with E-state index in [2.05, 4.69) is 41.6 Å². The quantitative estimate of drug-likeness (QED) is 0.775. The van der Waals surface area contributed by atoms with E-state index in [4.69, 9.17) is 4.52 Å². The van der Waals surface area contributed by atoms with E-state index in [-0.39, 0.29) is 0 Å². The second-order valence-corrected chi connectivity index (χ2v) is 4.75. The molecule has 1 heterocycles. The Kier molecular flexibility index (Phi) is 2.14. The van der Waals surface area contributed by atoms with Crippen LogP contribution in [0.25, 0.3) is 0 Å². The second kappa shape index (κ2) is 3.01. The molecule has 1 fully saturated rings. The highest BCUT2D eigenvalue weighted by Crippen LogP contribution is 2.43. The highest BCUT2D eigenvalue weighted by atomic mass is 127. The van der Waals surface area contributed by atoms with Crippen molar-refractivity contribution in [2.75, 3.05) is 0 Å². The van der Waals surface area contributed by atoms with Crippen molar-refractivity contribution in [3.8, 4) is 0 Å². The summed E-state index contributed by atoms with van der Waals surface area (Å²) in [5.74, 6) is 2.28. The monoisotopic (exact) mass is 277 g/mol. The first-order valence-electron chi connectivity index (χ1n) is 4.35. The van der Waals surface area contributed by atoms with Gasteiger partial charge in [0, 0.05) is 11.8 Å². The lowest BCUT2D eigenvalue weighted by Crippen LogP contribution is -1.90. The van der Waals surface area contributed by atoms with Crippen LogP contribution in [-0.2, 0) is 0 Å². The third-order valence-corrected chi connectivity index (χ3v) is 3.26. The average molecular weight is 277 g/mol. The van der Waals surface area contributed by atoms with E-state index < -0.39 is 0 Å². The normalized spacial score (nSPS) is 17.3. The predicted molar refractivity (Wildman–Crippen MR) is 55.3 cm³/mol. The molecule has 0 amide bonds. The van der Waals surface area contributed by atoms with Crippen LogP contribution in [0.15, 0.2) is 4.52 Å². The minimum absolute atomic E-state index is 0.480. The summed E-state index contributed by atoms with van der Waals surface area (Å²) < 4.78 is 6.58. The van der Waals surface area contributed by atoms with Crippen LogP contribution in [0.1, 0.15) is 50.0 Å². The van der Waals surface area contributed by atoms with Gasteiger partial charge in [-0.3, -0.25) is 0 Å². The van der Waals surface area contributed by atoms with Gasteiger partial charge in [0.1, 0.15) is 0 Å². The maximum atomic E-state index is 5.32. The molecule has 3 heteroatoms. The van der Waals surface area contributed by atoms with E-state index in [9.17, 15) is 0 Å². The summed E-state index contributed by atoms with van der Waals surface area (Å²) in [5, 5.41) is 4.09. The van der Waals surface area contributed by atoms with Crippen LogP contribution in [0.3, 0.4) is 0 Å². The Bertz CT molecular complexity index is 269. The summed E-state index contributed by atoms with van der Waals surface area (Å²) in [5.41, 5.74) is 1.12. The zero-order valence-corrected chi connectivity index (χ0v) is 9.46. The van der Waals surface area contributed by atoms with Crippen molar-refractivity contribution in [2.24, 2.45) is 0 Å². The number of nitrogens with zero attached hydrogens (tertiary/aromatic N) is 1. The van der Waals surface area contributed by atoms with Crippen molar-refractivity contribution in [1.82, 2.24) is 5.16 Å². The van der Waals surface area contributed by atoms with Gasteiger partial charge in [0.25, 0.3) is 0 Å². The topological polar surface area (TPSA) is 26.0 Å². The summed E-state index contributed by atoms with van der Waals surface area (Å²) in [6.07, 6.45) is 2.56. The van der Waals surface area contributed by atoms with Crippen LogP contribution in [0.4, 0.5) is 0 Å². The molecule has 0 bridgehead atoms. The Morgan fingerprint density at radius 1 is 1.50 bits per heavy atom. The summed E-state index contributed by atoms with van der Waals surface area (Å²) >= 11 is 2.35. The lowest BCUT2D eigenvalue weighted by Gasteiger charge is -1.97. The van der Waals surface area contributed by atoms with Crippen molar-refractivity contribution in [2.45, 2.75) is 38.5 Å². The van der Waals surface area contributed by atoms with Gasteiger partial charge in [-0.05, 0) is 35.4 Å². The molecule has 0 aromatic carbocycles. The average Bonchev–Trinajstić information content (AvgIpc) is 2.75. The van der Waals surface area contributed by atoms with Crippen LogP contribution in [0.5, 0.6) is 0 Å². The highest BCUT2D eigenvalue weighted by Gasteiger charge is 2.31. The van der Waals surface area contributed by atoms with Crippen LogP contribution < -0.4 is 0 Å². The molecule has 0 radical (unpaired) electrons. The Morgan fingerprint density at radius 2 is 2.17 bits per heavy atom. The molecule has 0 aliphatic heterocycles. The molecule has 12 heavy (non-hydrogen) atoms. The van der Waals surface area contributed by atoms with E-state index >= 15 is 0 Å². The summed E-state index contributed by atoms with van der Waals surface area (Å²) in [7, 11) is 0. The van der Waals surface area contributed by atoms with Gasteiger partial charge in [-0.15, -0.1) is 0 Å². The van der Waals surface area contributed by atoms with E-state index in [1.54, 1.807) is 0 Å². The maximum Gasteiger partial charge on any atom is 0.153 e. The first kappa shape index (κ1) is 8.53. The summed E-state index contributed by atoms with van der Waals surface area (Å²) in [4.78, 5) is 0. The molecule has 66 valence electrons. The molecule has 0 atom stereocenters. The van der Waals surface area contributed by atoms with Gasteiger partial charge in [-0.25, -0.2) is 0 Å². The molecule has 0 N–H and O–H groups in total. The molecule has 1 aromatic heterocycles. The smallest absolute Gasteiger partial charge is 0.153 e. The van der Waals surface area contributed by atoms with Crippen molar-refractivity contribution < 1.29 is 4.52 Å². The van der Waals surface area contributed by atoms with E-state index in [0.29, 0.717) is 11.8 Å². The van der Waals surface area contributed by atoms with Gasteiger partial charge in [-0.1, -0.05) is 19.0 Å². The van der Waals surface area contributed by atoms with Crippen molar-refractivity contribution in [3.05, 3.63) is 15.0 Å². The zero-order chi connectivity index (χ0) is 8.72. The van der Waals surface area contributed by atoms with Gasteiger partial charge < -0.3 is 4.52 Å². The Morgan fingerprint density at radius 3 is 2.58 bits per heavy atom. The van der Waals surface area contributed by atoms with Gasteiger partial charge in [-0.2, -0.15) is 0 Å². The Hall–Kier alpha value is -0.0600. The summed E-state index contributed by atoms with van der Waals surface area (Å²) in [6, 6.07) is 0. The molecule has 1 saturated carbocycles. The molecule has 1 aliphatic rings. The number of hydrogen-bond donors (Lipinski definition) is 0. The fourth-order valence-corrected chi connectivity index (χ4v) is 2.52. The molecule has 1 aliphatic carbocycles. The molecule has 2 nitrogen and oxygen atoms in total. The van der Waals surface area contributed by atoms with Crippen LogP contribution >= 0.6 is 22.6 Å². The number of hydrogen-bond acceptors (Lipinski definition) is 2. The first-order valence-corrected chi connectivity index (χ1v) is 5.43. The predicted octanol–water partition coefficient (Wildman–Crippen LogP) is 3.28. The van der Waals surface area contributed by atoms with Crippen LogP contribution in [-0.4, -0.2) is 5.16 Å². The molecule has 1 aromatic rings.